The van der Waals surface area contributed by atoms with Crippen molar-refractivity contribution in [3.8, 4) is 0 Å². The fraction of sp³-hybridized carbons (Fsp3) is 0.267. The number of rotatable bonds is 8. The first-order valence-corrected chi connectivity index (χ1v) is 8.38. The van der Waals surface area contributed by atoms with Crippen molar-refractivity contribution in [3.63, 3.8) is 0 Å². The lowest BCUT2D eigenvalue weighted by Gasteiger charge is -2.10. The van der Waals surface area contributed by atoms with Crippen molar-refractivity contribution in [1.29, 1.82) is 0 Å². The first kappa shape index (κ1) is 16.5. The van der Waals surface area contributed by atoms with Crippen LogP contribution < -0.4 is 0 Å². The number of carboxylic acids is 1. The molecule has 1 aromatic heterocycles. The van der Waals surface area contributed by atoms with Gasteiger partial charge in [-0.05, 0) is 12.1 Å². The maximum Gasteiger partial charge on any atom is 0.307 e. The second-order valence-corrected chi connectivity index (χ2v) is 6.77. The third kappa shape index (κ3) is 4.57. The number of benzene rings is 1. The summed E-state index contributed by atoms with van der Waals surface area (Å²) in [4.78, 5) is 27.2. The van der Waals surface area contributed by atoms with Gasteiger partial charge in [0.15, 0.2) is 4.34 Å². The smallest absolute Gasteiger partial charge is 0.307 e. The topological polar surface area (TPSA) is 76.5 Å². The van der Waals surface area contributed by atoms with Crippen LogP contribution in [-0.2, 0) is 14.3 Å². The minimum absolute atomic E-state index is 0.0934. The number of esters is 1. The molecule has 0 saturated carbocycles. The van der Waals surface area contributed by atoms with Crippen molar-refractivity contribution in [2.24, 2.45) is 5.92 Å². The summed E-state index contributed by atoms with van der Waals surface area (Å²) in [6, 6.07) is 7.73. The van der Waals surface area contributed by atoms with Crippen LogP contribution in [0.15, 0.2) is 41.3 Å². The zero-order chi connectivity index (χ0) is 15.9. The van der Waals surface area contributed by atoms with Crippen LogP contribution >= 0.6 is 23.1 Å². The zero-order valence-electron chi connectivity index (χ0n) is 11.7. The van der Waals surface area contributed by atoms with Gasteiger partial charge in [0.2, 0.25) is 0 Å². The minimum atomic E-state index is -1.01. The van der Waals surface area contributed by atoms with Crippen molar-refractivity contribution in [2.45, 2.75) is 10.8 Å². The number of aromatic nitrogens is 1. The Bertz CT molecular complexity index is 650. The van der Waals surface area contributed by atoms with Gasteiger partial charge >= 0.3 is 11.9 Å². The molecule has 0 spiro atoms. The zero-order valence-corrected chi connectivity index (χ0v) is 13.4. The summed E-state index contributed by atoms with van der Waals surface area (Å²) in [5.74, 6) is -2.06. The molecular formula is C15H15NO4S2. The molecule has 1 heterocycles. The number of thioether (sulfide) groups is 1. The number of thiazole rings is 1. The van der Waals surface area contributed by atoms with Gasteiger partial charge in [-0.1, -0.05) is 36.5 Å². The molecule has 1 N–H and O–H groups in total. The van der Waals surface area contributed by atoms with Crippen LogP contribution in [0.25, 0.3) is 10.2 Å². The first-order chi connectivity index (χ1) is 10.6. The highest BCUT2D eigenvalue weighted by atomic mass is 32.2. The Morgan fingerprint density at radius 2 is 2.23 bits per heavy atom. The Morgan fingerprint density at radius 1 is 1.45 bits per heavy atom. The molecule has 22 heavy (non-hydrogen) atoms. The number of fused-ring (bicyclic) bond motifs is 1. The maximum atomic E-state index is 11.5. The molecule has 0 amide bonds. The van der Waals surface area contributed by atoms with Crippen LogP contribution in [0.1, 0.15) is 6.42 Å². The summed E-state index contributed by atoms with van der Waals surface area (Å²) in [5, 5.41) is 9.21. The third-order valence-corrected chi connectivity index (χ3v) is 5.15. The number of carboxylic acid groups (broad SMARTS) is 1. The average Bonchev–Trinajstić information content (AvgIpc) is 2.91. The fourth-order valence-corrected chi connectivity index (χ4v) is 3.89. The Hall–Kier alpha value is -1.86. The quantitative estimate of drug-likeness (QED) is 0.453. The number of carbonyl (C=O) groups is 2. The average molecular weight is 337 g/mol. The lowest BCUT2D eigenvalue weighted by molar-refractivity contribution is -0.150. The number of ether oxygens (including phenoxy) is 1. The van der Waals surface area contributed by atoms with Crippen molar-refractivity contribution in [3.05, 3.63) is 36.9 Å². The molecule has 0 fully saturated rings. The van der Waals surface area contributed by atoms with Gasteiger partial charge in [-0.15, -0.1) is 11.3 Å². The molecule has 116 valence electrons. The SMILES string of the molecule is C=CCOC(=O)CC(CSc1nc2ccccc2s1)C(=O)O. The molecule has 0 radical (unpaired) electrons. The van der Waals surface area contributed by atoms with Gasteiger partial charge in [0, 0.05) is 5.75 Å². The molecule has 7 heteroatoms. The number of para-hydroxylation sites is 1. The van der Waals surface area contributed by atoms with Gasteiger partial charge in [0.05, 0.1) is 22.6 Å². The molecule has 1 unspecified atom stereocenters. The van der Waals surface area contributed by atoms with E-state index in [1.54, 1.807) is 0 Å². The summed E-state index contributed by atoms with van der Waals surface area (Å²) < 4.78 is 6.69. The number of carbonyl (C=O) groups excluding carboxylic acids is 1. The van der Waals surface area contributed by atoms with Crippen molar-refractivity contribution in [2.75, 3.05) is 12.4 Å². The molecule has 0 saturated heterocycles. The highest BCUT2D eigenvalue weighted by Gasteiger charge is 2.23. The van der Waals surface area contributed by atoms with Gasteiger partial charge < -0.3 is 9.84 Å². The number of nitrogens with zero attached hydrogens (tertiary/aromatic N) is 1. The highest BCUT2D eigenvalue weighted by molar-refractivity contribution is 8.01. The van der Waals surface area contributed by atoms with Gasteiger partial charge in [-0.2, -0.15) is 0 Å². The number of aliphatic carboxylic acids is 1. The third-order valence-electron chi connectivity index (χ3n) is 2.81. The van der Waals surface area contributed by atoms with Crippen LogP contribution in [0.3, 0.4) is 0 Å². The van der Waals surface area contributed by atoms with E-state index in [1.165, 1.54) is 29.2 Å². The van der Waals surface area contributed by atoms with Crippen LogP contribution in [0.5, 0.6) is 0 Å². The molecule has 0 aliphatic carbocycles. The van der Waals surface area contributed by atoms with Crippen LogP contribution in [0.2, 0.25) is 0 Å². The van der Waals surface area contributed by atoms with E-state index >= 15 is 0 Å². The monoisotopic (exact) mass is 337 g/mol. The first-order valence-electron chi connectivity index (χ1n) is 6.58. The van der Waals surface area contributed by atoms with Crippen molar-refractivity contribution < 1.29 is 19.4 Å². The van der Waals surface area contributed by atoms with E-state index in [1.807, 2.05) is 24.3 Å². The van der Waals surface area contributed by atoms with E-state index < -0.39 is 17.9 Å². The van der Waals surface area contributed by atoms with E-state index in [4.69, 9.17) is 4.74 Å². The molecule has 1 aromatic carbocycles. The van der Waals surface area contributed by atoms with Gasteiger partial charge in [-0.3, -0.25) is 9.59 Å². The Morgan fingerprint density at radius 3 is 2.91 bits per heavy atom. The molecule has 2 aromatic rings. The molecule has 5 nitrogen and oxygen atoms in total. The van der Waals surface area contributed by atoms with E-state index in [2.05, 4.69) is 11.6 Å². The summed E-state index contributed by atoms with van der Waals surface area (Å²) in [7, 11) is 0. The Kier molecular flexibility index (Phi) is 5.97. The van der Waals surface area contributed by atoms with Gasteiger partial charge in [0.25, 0.3) is 0 Å². The normalized spacial score (nSPS) is 12.0. The van der Waals surface area contributed by atoms with Crippen LogP contribution in [0, 0.1) is 5.92 Å². The number of hydrogen-bond donors (Lipinski definition) is 1. The molecule has 2 rings (SSSR count). The summed E-state index contributed by atoms with van der Waals surface area (Å²) >= 11 is 2.86. The predicted octanol–water partition coefficient (Wildman–Crippen LogP) is 3.21. The van der Waals surface area contributed by atoms with Crippen molar-refractivity contribution >= 4 is 45.3 Å². The fourth-order valence-electron chi connectivity index (χ4n) is 1.71. The standard InChI is InChI=1S/C15H15NO4S2/c1-2-7-20-13(17)8-10(14(18)19)9-21-15-16-11-5-3-4-6-12(11)22-15/h2-6,10H,1,7-9H2,(H,18,19). The van der Waals surface area contributed by atoms with E-state index in [9.17, 15) is 14.7 Å². The number of hydrogen-bond acceptors (Lipinski definition) is 6. The molecule has 1 atom stereocenters. The minimum Gasteiger partial charge on any atom is -0.481 e. The second-order valence-electron chi connectivity index (χ2n) is 4.47. The Balaban J connectivity index is 1.94. The van der Waals surface area contributed by atoms with Crippen molar-refractivity contribution in [1.82, 2.24) is 4.98 Å². The molecule has 0 bridgehead atoms. The van der Waals surface area contributed by atoms with Gasteiger partial charge in [0.1, 0.15) is 6.61 Å². The highest BCUT2D eigenvalue weighted by Crippen LogP contribution is 2.31. The lowest BCUT2D eigenvalue weighted by Crippen LogP contribution is -2.21. The summed E-state index contributed by atoms with van der Waals surface area (Å²) in [6.07, 6.45) is 1.30. The predicted molar refractivity (Wildman–Crippen MR) is 87.2 cm³/mol. The molecule has 0 aliphatic rings. The van der Waals surface area contributed by atoms with Crippen LogP contribution in [0.4, 0.5) is 0 Å². The van der Waals surface area contributed by atoms with E-state index in [-0.39, 0.29) is 18.8 Å². The molecular weight excluding hydrogens is 322 g/mol. The summed E-state index contributed by atoms with van der Waals surface area (Å²) in [5.41, 5.74) is 0.896. The second kappa shape index (κ2) is 7.95. The van der Waals surface area contributed by atoms with E-state index in [0.717, 1.165) is 14.6 Å². The molecule has 0 aliphatic heterocycles. The van der Waals surface area contributed by atoms with Gasteiger partial charge in [-0.25, -0.2) is 4.98 Å². The summed E-state index contributed by atoms with van der Waals surface area (Å²) in [6.45, 7) is 3.53. The van der Waals surface area contributed by atoms with E-state index in [0.29, 0.717) is 0 Å². The lowest BCUT2D eigenvalue weighted by atomic mass is 10.1. The van der Waals surface area contributed by atoms with Crippen LogP contribution in [-0.4, -0.2) is 34.4 Å². The largest absolute Gasteiger partial charge is 0.481 e. The maximum absolute atomic E-state index is 11.5. The Labute approximate surface area is 136 Å².